The number of aromatic nitrogens is 4. The quantitative estimate of drug-likeness (QED) is 0.279. The lowest BCUT2D eigenvalue weighted by Crippen LogP contribution is -2.18. The molecular weight excluding hydrogens is 444 g/mol. The summed E-state index contributed by atoms with van der Waals surface area (Å²) in [6, 6.07) is 19.6. The van der Waals surface area contributed by atoms with Crippen LogP contribution in [0.5, 0.6) is 0 Å². The van der Waals surface area contributed by atoms with Crippen LogP contribution in [0, 0.1) is 11.8 Å². The Morgan fingerprint density at radius 2 is 1.03 bits per heavy atom. The molecular formula is C30H30N6. The van der Waals surface area contributed by atoms with Crippen molar-refractivity contribution in [2.24, 2.45) is 11.8 Å². The van der Waals surface area contributed by atoms with Crippen molar-refractivity contribution in [1.82, 2.24) is 30.6 Å². The molecule has 2 saturated carbocycles. The first kappa shape index (κ1) is 20.7. The van der Waals surface area contributed by atoms with E-state index in [-0.39, 0.29) is 0 Å². The van der Waals surface area contributed by atoms with Crippen molar-refractivity contribution in [2.45, 2.75) is 49.9 Å². The summed E-state index contributed by atoms with van der Waals surface area (Å²) < 4.78 is 0. The predicted molar refractivity (Wildman–Crippen MR) is 142 cm³/mol. The number of hydrogen-bond donors (Lipinski definition) is 4. The molecule has 2 aliphatic heterocycles. The molecule has 4 aliphatic rings. The average molecular weight is 475 g/mol. The minimum atomic E-state index is 0.390. The van der Waals surface area contributed by atoms with E-state index in [2.05, 4.69) is 91.3 Å². The monoisotopic (exact) mass is 474 g/mol. The zero-order valence-electron chi connectivity index (χ0n) is 20.1. The molecule has 2 aromatic carbocycles. The fourth-order valence-corrected chi connectivity index (χ4v) is 6.12. The SMILES string of the molecule is C(=C\c1ccc(-c2cnc([C@@H]3C[C@H]4C[C@H]4N3)[nH]2)cc1)/c1ccc(-c2cnc([C@@H]3C[C@H]4C[C@H]4N3)[nH]2)cc1. The molecule has 4 N–H and O–H groups in total. The molecule has 6 heteroatoms. The number of benzene rings is 2. The molecule has 36 heavy (non-hydrogen) atoms. The van der Waals surface area contributed by atoms with Gasteiger partial charge in [-0.1, -0.05) is 60.7 Å². The molecule has 0 bridgehead atoms. The maximum absolute atomic E-state index is 4.64. The first-order chi connectivity index (χ1) is 17.7. The van der Waals surface area contributed by atoms with Crippen LogP contribution in [0.3, 0.4) is 0 Å². The second-order valence-electron chi connectivity index (χ2n) is 11.1. The van der Waals surface area contributed by atoms with E-state index in [4.69, 9.17) is 0 Å². The number of nitrogens with one attached hydrogen (secondary N) is 4. The lowest BCUT2D eigenvalue weighted by Gasteiger charge is -2.09. The number of rotatable bonds is 6. The fraction of sp³-hybridized carbons (Fsp3) is 0.333. The highest BCUT2D eigenvalue weighted by Gasteiger charge is 2.47. The number of imidazole rings is 2. The molecule has 4 heterocycles. The van der Waals surface area contributed by atoms with Crippen LogP contribution in [0.15, 0.2) is 60.9 Å². The van der Waals surface area contributed by atoms with Crippen molar-refractivity contribution in [3.8, 4) is 22.5 Å². The van der Waals surface area contributed by atoms with Gasteiger partial charge in [0.1, 0.15) is 11.6 Å². The number of nitrogens with zero attached hydrogens (tertiary/aromatic N) is 2. The standard InChI is InChI=1S/C30H30N6/c1(17-3-7-19(8-4-17)27-15-31-29(35-27)25-13-21-11-23(21)33-25)2-18-5-9-20(10-6-18)28-16-32-30(36-28)26-14-22-12-24(22)34-26/h1-10,15-16,21-26,33-34H,11-14H2,(H,31,35)(H,32,36)/b2-1+/t21-,22-,23-,24-,25+,26+/m1/s1. The van der Waals surface area contributed by atoms with Crippen molar-refractivity contribution in [1.29, 1.82) is 0 Å². The molecule has 4 fully saturated rings. The minimum absolute atomic E-state index is 0.390. The molecule has 0 spiro atoms. The maximum atomic E-state index is 4.64. The molecule has 2 aliphatic carbocycles. The number of H-pyrrole nitrogens is 2. The van der Waals surface area contributed by atoms with Crippen molar-refractivity contribution in [3.63, 3.8) is 0 Å². The predicted octanol–water partition coefficient (Wildman–Crippen LogP) is 5.48. The summed E-state index contributed by atoms with van der Waals surface area (Å²) in [4.78, 5) is 16.3. The number of piperidine rings is 2. The van der Waals surface area contributed by atoms with Crippen molar-refractivity contribution in [3.05, 3.63) is 83.7 Å². The summed E-state index contributed by atoms with van der Waals surface area (Å²) in [7, 11) is 0. The largest absolute Gasteiger partial charge is 0.341 e. The molecule has 6 atom stereocenters. The van der Waals surface area contributed by atoms with E-state index >= 15 is 0 Å². The molecule has 6 nitrogen and oxygen atoms in total. The van der Waals surface area contributed by atoms with E-state index < -0.39 is 0 Å². The highest BCUT2D eigenvalue weighted by Crippen LogP contribution is 2.46. The van der Waals surface area contributed by atoms with Crippen molar-refractivity contribution in [2.75, 3.05) is 0 Å². The van der Waals surface area contributed by atoms with Crippen LogP contribution in [-0.2, 0) is 0 Å². The van der Waals surface area contributed by atoms with E-state index in [1.54, 1.807) is 0 Å². The van der Waals surface area contributed by atoms with Gasteiger partial charge >= 0.3 is 0 Å². The maximum Gasteiger partial charge on any atom is 0.123 e. The second kappa shape index (κ2) is 8.02. The Labute approximate surface area is 210 Å². The average Bonchev–Trinajstić information content (AvgIpc) is 3.48. The van der Waals surface area contributed by atoms with Crippen LogP contribution in [0.4, 0.5) is 0 Å². The summed E-state index contributed by atoms with van der Waals surface area (Å²) in [5.74, 6) is 3.88. The van der Waals surface area contributed by atoms with Gasteiger partial charge in [0.2, 0.25) is 0 Å². The van der Waals surface area contributed by atoms with Crippen LogP contribution < -0.4 is 10.6 Å². The van der Waals surface area contributed by atoms with Crippen LogP contribution in [-0.4, -0.2) is 32.0 Å². The Hall–Kier alpha value is -3.48. The van der Waals surface area contributed by atoms with E-state index in [9.17, 15) is 0 Å². The first-order valence-corrected chi connectivity index (χ1v) is 13.3. The van der Waals surface area contributed by atoms with Crippen molar-refractivity contribution < 1.29 is 0 Å². The zero-order chi connectivity index (χ0) is 23.6. The van der Waals surface area contributed by atoms with E-state index in [1.165, 1.54) is 47.9 Å². The van der Waals surface area contributed by atoms with Gasteiger partial charge in [-0.3, -0.25) is 0 Å². The summed E-state index contributed by atoms with van der Waals surface area (Å²) in [6.07, 6.45) is 13.4. The second-order valence-corrected chi connectivity index (χ2v) is 11.1. The van der Waals surface area contributed by atoms with Crippen LogP contribution in [0.1, 0.15) is 60.5 Å². The Morgan fingerprint density at radius 3 is 1.42 bits per heavy atom. The van der Waals surface area contributed by atoms with E-state index in [1.807, 2.05) is 12.4 Å². The highest BCUT2D eigenvalue weighted by molar-refractivity contribution is 5.72. The Bertz CT molecular complexity index is 1300. The summed E-state index contributed by atoms with van der Waals surface area (Å²) in [5.41, 5.74) is 6.87. The number of aromatic amines is 2. The van der Waals surface area contributed by atoms with Gasteiger partial charge in [0, 0.05) is 12.1 Å². The van der Waals surface area contributed by atoms with Gasteiger partial charge in [0.25, 0.3) is 0 Å². The molecule has 2 aromatic heterocycles. The zero-order valence-corrected chi connectivity index (χ0v) is 20.1. The van der Waals surface area contributed by atoms with Crippen LogP contribution in [0.2, 0.25) is 0 Å². The highest BCUT2D eigenvalue weighted by atomic mass is 15.1. The molecule has 4 aromatic rings. The normalized spacial score (nSPS) is 30.0. The molecule has 180 valence electrons. The Balaban J connectivity index is 0.915. The first-order valence-electron chi connectivity index (χ1n) is 13.3. The van der Waals surface area contributed by atoms with Crippen LogP contribution >= 0.6 is 0 Å². The van der Waals surface area contributed by atoms with Gasteiger partial charge in [-0.05, 0) is 59.8 Å². The lowest BCUT2D eigenvalue weighted by atomic mass is 10.1. The molecule has 2 saturated heterocycles. The third kappa shape index (κ3) is 3.81. The van der Waals surface area contributed by atoms with Gasteiger partial charge < -0.3 is 20.6 Å². The molecule has 0 unspecified atom stereocenters. The van der Waals surface area contributed by atoms with E-state index in [0.717, 1.165) is 47.0 Å². The third-order valence-corrected chi connectivity index (χ3v) is 8.52. The van der Waals surface area contributed by atoms with Crippen LogP contribution in [0.25, 0.3) is 34.7 Å². The van der Waals surface area contributed by atoms with E-state index in [0.29, 0.717) is 12.1 Å². The smallest absolute Gasteiger partial charge is 0.123 e. The molecule has 0 amide bonds. The Kier molecular flexibility index (Phi) is 4.61. The van der Waals surface area contributed by atoms with Gasteiger partial charge in [0.05, 0.1) is 35.9 Å². The summed E-state index contributed by atoms with van der Waals surface area (Å²) in [5, 5.41) is 7.34. The van der Waals surface area contributed by atoms with Gasteiger partial charge in [-0.2, -0.15) is 0 Å². The summed E-state index contributed by atoms with van der Waals surface area (Å²) >= 11 is 0. The van der Waals surface area contributed by atoms with Crippen molar-refractivity contribution >= 4 is 12.2 Å². The number of fused-ring (bicyclic) bond motifs is 2. The van der Waals surface area contributed by atoms with Gasteiger partial charge in [-0.25, -0.2) is 9.97 Å². The molecule has 8 rings (SSSR count). The lowest BCUT2D eigenvalue weighted by molar-refractivity contribution is 0.543. The van der Waals surface area contributed by atoms with Gasteiger partial charge in [-0.15, -0.1) is 0 Å². The van der Waals surface area contributed by atoms with Gasteiger partial charge in [0.15, 0.2) is 0 Å². The number of hydrogen-bond acceptors (Lipinski definition) is 4. The topological polar surface area (TPSA) is 81.4 Å². The Morgan fingerprint density at radius 1 is 0.583 bits per heavy atom. The summed E-state index contributed by atoms with van der Waals surface area (Å²) in [6.45, 7) is 0. The minimum Gasteiger partial charge on any atom is -0.341 e. The third-order valence-electron chi connectivity index (χ3n) is 8.52. The molecule has 0 radical (unpaired) electrons. The fourth-order valence-electron chi connectivity index (χ4n) is 6.12.